The normalized spacial score (nSPS) is 13.0. The van der Waals surface area contributed by atoms with Gasteiger partial charge in [-0.25, -0.2) is 4.98 Å². The molecule has 0 saturated heterocycles. The number of amides is 1. The van der Waals surface area contributed by atoms with Crippen molar-refractivity contribution in [3.05, 3.63) is 40.4 Å². The van der Waals surface area contributed by atoms with E-state index >= 15 is 0 Å². The van der Waals surface area contributed by atoms with Gasteiger partial charge in [0.1, 0.15) is 5.82 Å². The van der Waals surface area contributed by atoms with Gasteiger partial charge < -0.3 is 10.1 Å². The maximum absolute atomic E-state index is 12.8. The molecule has 1 aromatic carbocycles. The molecule has 0 saturated carbocycles. The van der Waals surface area contributed by atoms with Crippen LogP contribution in [0.3, 0.4) is 0 Å². The number of fused-ring (bicyclic) bond motifs is 1. The zero-order chi connectivity index (χ0) is 18.6. The predicted octanol–water partition coefficient (Wildman–Crippen LogP) is 2.66. The van der Waals surface area contributed by atoms with Crippen molar-refractivity contribution in [2.45, 2.75) is 46.7 Å². The van der Waals surface area contributed by atoms with E-state index in [4.69, 9.17) is 4.74 Å². The third-order valence-electron chi connectivity index (χ3n) is 3.87. The van der Waals surface area contributed by atoms with Crippen LogP contribution >= 0.6 is 0 Å². The van der Waals surface area contributed by atoms with Crippen LogP contribution in [0, 0.1) is 5.41 Å². The van der Waals surface area contributed by atoms with E-state index in [1.54, 1.807) is 17.7 Å². The van der Waals surface area contributed by atoms with E-state index in [-0.39, 0.29) is 22.9 Å². The second-order valence-corrected chi connectivity index (χ2v) is 7.46. The summed E-state index contributed by atoms with van der Waals surface area (Å²) in [5, 5.41) is 3.52. The first-order chi connectivity index (χ1) is 11.7. The van der Waals surface area contributed by atoms with Crippen molar-refractivity contribution in [3.8, 4) is 0 Å². The number of hydrogen-bond acceptors (Lipinski definition) is 4. The van der Waals surface area contributed by atoms with Crippen LogP contribution in [0.2, 0.25) is 0 Å². The molecular weight excluding hydrogens is 318 g/mol. The number of methoxy groups -OCH3 is 1. The van der Waals surface area contributed by atoms with Gasteiger partial charge in [0.25, 0.3) is 5.56 Å². The van der Waals surface area contributed by atoms with Gasteiger partial charge in [-0.3, -0.25) is 14.2 Å². The Morgan fingerprint density at radius 3 is 2.64 bits per heavy atom. The summed E-state index contributed by atoms with van der Waals surface area (Å²) in [6.07, 6.45) is 0.410. The Labute approximate surface area is 148 Å². The molecule has 2 rings (SSSR count). The van der Waals surface area contributed by atoms with Crippen LogP contribution in [0.25, 0.3) is 10.9 Å². The predicted molar refractivity (Wildman–Crippen MR) is 98.5 cm³/mol. The number of nitrogens with one attached hydrogen (secondary N) is 1. The fourth-order valence-corrected chi connectivity index (χ4v) is 2.75. The number of carbonyl (C=O) groups is 1. The first-order valence-corrected chi connectivity index (χ1v) is 8.50. The number of aromatic nitrogens is 2. The average molecular weight is 345 g/mol. The standard InChI is InChI=1S/C19H27N3O3/c1-13(20-16(23)12-19(2,3)4)17-21-15-9-7-6-8-14(15)18(24)22(17)10-11-25-5/h6-9,13H,10-12H2,1-5H3,(H,20,23)/t13-/m1/s1. The largest absolute Gasteiger partial charge is 0.383 e. The third-order valence-corrected chi connectivity index (χ3v) is 3.87. The highest BCUT2D eigenvalue weighted by molar-refractivity contribution is 5.78. The fraction of sp³-hybridized carbons (Fsp3) is 0.526. The molecule has 0 aliphatic carbocycles. The Morgan fingerprint density at radius 1 is 1.32 bits per heavy atom. The first-order valence-electron chi connectivity index (χ1n) is 8.50. The number of para-hydroxylation sites is 1. The van der Waals surface area contributed by atoms with Crippen LogP contribution in [0.5, 0.6) is 0 Å². The van der Waals surface area contributed by atoms with Gasteiger partial charge >= 0.3 is 0 Å². The van der Waals surface area contributed by atoms with E-state index in [0.29, 0.717) is 36.3 Å². The van der Waals surface area contributed by atoms with Crippen molar-refractivity contribution in [1.29, 1.82) is 0 Å². The first kappa shape index (κ1) is 19.1. The number of benzene rings is 1. The Morgan fingerprint density at radius 2 is 2.00 bits per heavy atom. The molecule has 0 fully saturated rings. The summed E-state index contributed by atoms with van der Waals surface area (Å²) in [7, 11) is 1.59. The lowest BCUT2D eigenvalue weighted by Gasteiger charge is -2.22. The number of hydrogen-bond donors (Lipinski definition) is 1. The highest BCUT2D eigenvalue weighted by Gasteiger charge is 2.21. The van der Waals surface area contributed by atoms with Gasteiger partial charge in [-0.2, -0.15) is 0 Å². The average Bonchev–Trinajstić information content (AvgIpc) is 2.52. The molecule has 0 aliphatic rings. The molecule has 1 N–H and O–H groups in total. The van der Waals surface area contributed by atoms with Crippen LogP contribution in [0.1, 0.15) is 46.0 Å². The summed E-state index contributed by atoms with van der Waals surface area (Å²) in [6.45, 7) is 8.68. The smallest absolute Gasteiger partial charge is 0.261 e. The third kappa shape index (κ3) is 4.89. The minimum absolute atomic E-state index is 0.0549. The summed E-state index contributed by atoms with van der Waals surface area (Å²) < 4.78 is 6.71. The van der Waals surface area contributed by atoms with E-state index in [2.05, 4.69) is 10.3 Å². The van der Waals surface area contributed by atoms with Gasteiger partial charge in [0.2, 0.25) is 5.91 Å². The van der Waals surface area contributed by atoms with Crippen LogP contribution in [-0.4, -0.2) is 29.2 Å². The molecular formula is C19H27N3O3. The van der Waals surface area contributed by atoms with Crippen LogP contribution in [0.15, 0.2) is 29.1 Å². The van der Waals surface area contributed by atoms with Crippen LogP contribution in [-0.2, 0) is 16.1 Å². The van der Waals surface area contributed by atoms with Crippen molar-refractivity contribution in [2.24, 2.45) is 5.41 Å². The molecule has 1 atom stereocenters. The molecule has 0 radical (unpaired) electrons. The lowest BCUT2D eigenvalue weighted by Crippen LogP contribution is -2.35. The van der Waals surface area contributed by atoms with E-state index in [1.807, 2.05) is 45.9 Å². The summed E-state index contributed by atoms with van der Waals surface area (Å²) in [6, 6.07) is 6.87. The summed E-state index contributed by atoms with van der Waals surface area (Å²) in [4.78, 5) is 29.7. The molecule has 6 heteroatoms. The number of carbonyl (C=O) groups excluding carboxylic acids is 1. The molecule has 0 bridgehead atoms. The van der Waals surface area contributed by atoms with Crippen LogP contribution < -0.4 is 10.9 Å². The fourth-order valence-electron chi connectivity index (χ4n) is 2.75. The maximum atomic E-state index is 12.8. The summed E-state index contributed by atoms with van der Waals surface area (Å²) >= 11 is 0. The molecule has 1 aromatic heterocycles. The van der Waals surface area contributed by atoms with Gasteiger partial charge in [-0.05, 0) is 24.5 Å². The molecule has 0 unspecified atom stereocenters. The van der Waals surface area contributed by atoms with Crippen molar-refractivity contribution in [1.82, 2.24) is 14.9 Å². The van der Waals surface area contributed by atoms with Gasteiger partial charge in [0.15, 0.2) is 0 Å². The molecule has 1 amide bonds. The molecule has 0 spiro atoms. The van der Waals surface area contributed by atoms with Gasteiger partial charge in [0.05, 0.1) is 30.1 Å². The Kier molecular flexibility index (Phi) is 5.95. The van der Waals surface area contributed by atoms with E-state index in [1.165, 1.54) is 0 Å². The lowest BCUT2D eigenvalue weighted by atomic mass is 9.92. The SMILES string of the molecule is COCCn1c([C@@H](C)NC(=O)CC(C)(C)C)nc2ccccc2c1=O. The zero-order valence-electron chi connectivity index (χ0n) is 15.6. The number of rotatable bonds is 6. The molecule has 136 valence electrons. The van der Waals surface area contributed by atoms with Gasteiger partial charge in [-0.1, -0.05) is 32.9 Å². The topological polar surface area (TPSA) is 73.2 Å². The summed E-state index contributed by atoms with van der Waals surface area (Å²) in [5.74, 6) is 0.490. The molecule has 1 heterocycles. The quantitative estimate of drug-likeness (QED) is 0.873. The number of nitrogens with zero attached hydrogens (tertiary/aromatic N) is 2. The molecule has 0 aliphatic heterocycles. The van der Waals surface area contributed by atoms with Crippen molar-refractivity contribution in [2.75, 3.05) is 13.7 Å². The Bertz CT molecular complexity index is 806. The number of ether oxygens (including phenoxy) is 1. The zero-order valence-corrected chi connectivity index (χ0v) is 15.6. The van der Waals surface area contributed by atoms with Crippen molar-refractivity contribution < 1.29 is 9.53 Å². The Balaban J connectivity index is 2.40. The van der Waals surface area contributed by atoms with E-state index < -0.39 is 0 Å². The highest BCUT2D eigenvalue weighted by atomic mass is 16.5. The Hall–Kier alpha value is -2.21. The molecule has 6 nitrogen and oxygen atoms in total. The van der Waals surface area contributed by atoms with Gasteiger partial charge in [-0.15, -0.1) is 0 Å². The highest BCUT2D eigenvalue weighted by Crippen LogP contribution is 2.19. The van der Waals surface area contributed by atoms with Crippen molar-refractivity contribution >= 4 is 16.8 Å². The second kappa shape index (κ2) is 7.78. The summed E-state index contributed by atoms with van der Waals surface area (Å²) in [5.41, 5.74) is 0.415. The van der Waals surface area contributed by atoms with E-state index in [9.17, 15) is 9.59 Å². The lowest BCUT2D eigenvalue weighted by molar-refractivity contribution is -0.123. The monoisotopic (exact) mass is 345 g/mol. The van der Waals surface area contributed by atoms with Crippen LogP contribution in [0.4, 0.5) is 0 Å². The second-order valence-electron chi connectivity index (χ2n) is 7.46. The minimum Gasteiger partial charge on any atom is -0.383 e. The molecule has 25 heavy (non-hydrogen) atoms. The molecule has 2 aromatic rings. The maximum Gasteiger partial charge on any atom is 0.261 e. The van der Waals surface area contributed by atoms with Gasteiger partial charge in [0, 0.05) is 13.5 Å². The van der Waals surface area contributed by atoms with E-state index in [0.717, 1.165) is 0 Å². The minimum atomic E-state index is -0.371. The van der Waals surface area contributed by atoms with Crippen molar-refractivity contribution in [3.63, 3.8) is 0 Å².